The second kappa shape index (κ2) is 6.31. The van der Waals surface area contributed by atoms with Crippen molar-refractivity contribution in [3.8, 4) is 11.4 Å². The van der Waals surface area contributed by atoms with Gasteiger partial charge in [0.25, 0.3) is 0 Å². The highest BCUT2D eigenvalue weighted by atomic mass is 15.2. The first-order valence-corrected chi connectivity index (χ1v) is 8.76. The zero-order valence-electron chi connectivity index (χ0n) is 14.3. The van der Waals surface area contributed by atoms with E-state index in [0.717, 1.165) is 54.3 Å². The van der Waals surface area contributed by atoms with Gasteiger partial charge in [0.05, 0.1) is 16.9 Å². The van der Waals surface area contributed by atoms with E-state index < -0.39 is 0 Å². The minimum atomic E-state index is 0.755. The van der Waals surface area contributed by atoms with E-state index in [-0.39, 0.29) is 0 Å². The summed E-state index contributed by atoms with van der Waals surface area (Å²) < 4.78 is 0. The Morgan fingerprint density at radius 2 is 2.04 bits per heavy atom. The number of benzene rings is 1. The minimum absolute atomic E-state index is 0.755. The molecule has 0 atom stereocenters. The Kier molecular flexibility index (Phi) is 3.68. The molecule has 3 aromatic heterocycles. The van der Waals surface area contributed by atoms with Crippen molar-refractivity contribution >= 4 is 10.9 Å². The molecule has 1 aromatic carbocycles. The van der Waals surface area contributed by atoms with E-state index in [1.54, 1.807) is 12.4 Å². The largest absolute Gasteiger partial charge is 0.293 e. The molecular weight excluding hydrogens is 324 g/mol. The lowest BCUT2D eigenvalue weighted by Crippen LogP contribution is -2.31. The monoisotopic (exact) mass is 342 g/mol. The molecule has 0 aliphatic carbocycles. The van der Waals surface area contributed by atoms with Crippen LogP contribution in [0.2, 0.25) is 0 Å². The van der Waals surface area contributed by atoms with Crippen LogP contribution in [0.5, 0.6) is 0 Å². The van der Waals surface area contributed by atoms with Gasteiger partial charge in [-0.3, -0.25) is 15.0 Å². The van der Waals surface area contributed by atoms with E-state index in [2.05, 4.69) is 37.2 Å². The summed E-state index contributed by atoms with van der Waals surface area (Å²) in [4.78, 5) is 15.9. The molecular formula is C20H18N6. The van der Waals surface area contributed by atoms with E-state index in [0.29, 0.717) is 0 Å². The first-order valence-electron chi connectivity index (χ1n) is 8.76. The highest BCUT2D eigenvalue weighted by Crippen LogP contribution is 2.23. The molecule has 0 saturated heterocycles. The topological polar surface area (TPSA) is 70.6 Å². The molecule has 1 aliphatic heterocycles. The highest BCUT2D eigenvalue weighted by molar-refractivity contribution is 5.81. The first-order chi connectivity index (χ1) is 12.9. The quantitative estimate of drug-likeness (QED) is 0.620. The smallest absolute Gasteiger partial charge is 0.160 e. The normalized spacial score (nSPS) is 14.5. The molecule has 0 unspecified atom stereocenters. The summed E-state index contributed by atoms with van der Waals surface area (Å²) in [5.74, 6) is 0.755. The second-order valence-electron chi connectivity index (χ2n) is 6.59. The number of para-hydroxylation sites is 1. The maximum absolute atomic E-state index is 4.77. The Hall–Kier alpha value is -3.12. The van der Waals surface area contributed by atoms with Crippen LogP contribution in [-0.2, 0) is 19.5 Å². The molecule has 1 aliphatic rings. The van der Waals surface area contributed by atoms with Crippen molar-refractivity contribution in [1.82, 2.24) is 30.0 Å². The average molecular weight is 342 g/mol. The van der Waals surface area contributed by atoms with E-state index in [9.17, 15) is 0 Å². The number of H-pyrrole nitrogens is 1. The van der Waals surface area contributed by atoms with Crippen molar-refractivity contribution in [2.45, 2.75) is 19.5 Å². The van der Waals surface area contributed by atoms with E-state index >= 15 is 0 Å². The number of aromatic amines is 1. The number of hydrogen-bond donors (Lipinski definition) is 1. The molecule has 26 heavy (non-hydrogen) atoms. The summed E-state index contributed by atoms with van der Waals surface area (Å²) in [6.45, 7) is 2.68. The number of nitrogens with zero attached hydrogens (tertiary/aromatic N) is 5. The van der Waals surface area contributed by atoms with E-state index in [4.69, 9.17) is 4.98 Å². The molecule has 128 valence electrons. The van der Waals surface area contributed by atoms with Crippen LogP contribution in [0.15, 0.2) is 55.0 Å². The fourth-order valence-electron chi connectivity index (χ4n) is 3.50. The Morgan fingerprint density at radius 3 is 2.96 bits per heavy atom. The third kappa shape index (κ3) is 2.74. The maximum atomic E-state index is 4.77. The molecule has 4 heterocycles. The summed E-state index contributed by atoms with van der Waals surface area (Å²) >= 11 is 0. The maximum Gasteiger partial charge on any atom is 0.160 e. The molecule has 5 rings (SSSR count). The lowest BCUT2D eigenvalue weighted by molar-refractivity contribution is 0.241. The fourth-order valence-corrected chi connectivity index (χ4v) is 3.50. The van der Waals surface area contributed by atoms with Gasteiger partial charge in [0.1, 0.15) is 0 Å². The van der Waals surface area contributed by atoms with Crippen molar-refractivity contribution in [3.63, 3.8) is 0 Å². The third-order valence-corrected chi connectivity index (χ3v) is 4.85. The fraction of sp³-hybridized carbons (Fsp3) is 0.200. The number of pyridine rings is 1. The predicted molar refractivity (Wildman–Crippen MR) is 99.2 cm³/mol. The van der Waals surface area contributed by atoms with E-state index in [1.807, 2.05) is 30.5 Å². The molecule has 1 N–H and O–H groups in total. The van der Waals surface area contributed by atoms with Gasteiger partial charge in [0.2, 0.25) is 0 Å². The van der Waals surface area contributed by atoms with Crippen LogP contribution in [0.25, 0.3) is 22.3 Å². The lowest BCUT2D eigenvalue weighted by Gasteiger charge is -2.27. The van der Waals surface area contributed by atoms with Crippen molar-refractivity contribution in [3.05, 3.63) is 71.9 Å². The zero-order chi connectivity index (χ0) is 17.3. The van der Waals surface area contributed by atoms with Gasteiger partial charge >= 0.3 is 0 Å². The van der Waals surface area contributed by atoms with Crippen LogP contribution in [0.4, 0.5) is 0 Å². The van der Waals surface area contributed by atoms with Gasteiger partial charge in [-0.15, -0.1) is 0 Å². The molecule has 0 bridgehead atoms. The second-order valence-corrected chi connectivity index (χ2v) is 6.59. The Balaban J connectivity index is 1.37. The molecule has 0 saturated carbocycles. The van der Waals surface area contributed by atoms with Crippen LogP contribution >= 0.6 is 0 Å². The number of nitrogens with one attached hydrogen (secondary N) is 1. The predicted octanol–water partition coefficient (Wildman–Crippen LogP) is 2.97. The molecule has 0 radical (unpaired) electrons. The van der Waals surface area contributed by atoms with E-state index in [1.165, 1.54) is 10.9 Å². The summed E-state index contributed by atoms with van der Waals surface area (Å²) in [5.41, 5.74) is 5.49. The molecule has 0 fully saturated rings. The molecule has 6 heteroatoms. The van der Waals surface area contributed by atoms with Crippen LogP contribution in [0.1, 0.15) is 17.0 Å². The Morgan fingerprint density at radius 1 is 1.08 bits per heavy atom. The van der Waals surface area contributed by atoms with Crippen LogP contribution in [0, 0.1) is 0 Å². The van der Waals surface area contributed by atoms with Gasteiger partial charge in [-0.25, -0.2) is 9.97 Å². The molecule has 0 amide bonds. The highest BCUT2D eigenvalue weighted by Gasteiger charge is 2.20. The minimum Gasteiger partial charge on any atom is -0.293 e. The number of fused-ring (bicyclic) bond motifs is 2. The molecule has 6 nitrogen and oxygen atoms in total. The van der Waals surface area contributed by atoms with Gasteiger partial charge in [0.15, 0.2) is 5.82 Å². The van der Waals surface area contributed by atoms with Gasteiger partial charge in [-0.1, -0.05) is 18.2 Å². The van der Waals surface area contributed by atoms with Gasteiger partial charge < -0.3 is 0 Å². The van der Waals surface area contributed by atoms with Crippen LogP contribution in [-0.4, -0.2) is 36.6 Å². The van der Waals surface area contributed by atoms with Gasteiger partial charge in [-0.2, -0.15) is 5.10 Å². The van der Waals surface area contributed by atoms with Crippen molar-refractivity contribution in [1.29, 1.82) is 0 Å². The summed E-state index contributed by atoms with van der Waals surface area (Å²) in [6, 6.07) is 12.1. The lowest BCUT2D eigenvalue weighted by atomic mass is 10.1. The van der Waals surface area contributed by atoms with Crippen LogP contribution < -0.4 is 0 Å². The van der Waals surface area contributed by atoms with Crippen molar-refractivity contribution < 1.29 is 0 Å². The number of aromatic nitrogens is 5. The van der Waals surface area contributed by atoms with Gasteiger partial charge in [-0.05, 0) is 18.2 Å². The number of rotatable bonds is 3. The SMILES string of the molecule is c1cncc(-c2ncc3c(n2)CCN(Cc2[nH]nc4ccccc24)C3)c1. The Bertz CT molecular complexity index is 1060. The van der Waals surface area contributed by atoms with Crippen molar-refractivity contribution in [2.75, 3.05) is 6.54 Å². The standard InChI is InChI=1S/C20H18N6/c1-2-6-18-16(5-1)19(25-24-18)13-26-9-7-17-15(12-26)11-22-20(23-17)14-4-3-8-21-10-14/h1-6,8,10-11H,7,9,12-13H2,(H,24,25). The molecule has 0 spiro atoms. The summed E-state index contributed by atoms with van der Waals surface area (Å²) in [7, 11) is 0. The number of hydrogen-bond acceptors (Lipinski definition) is 5. The zero-order valence-corrected chi connectivity index (χ0v) is 14.3. The van der Waals surface area contributed by atoms with Crippen LogP contribution in [0.3, 0.4) is 0 Å². The Labute approximate surface area is 150 Å². The van der Waals surface area contributed by atoms with Gasteiger partial charge in [0, 0.05) is 61.2 Å². The third-order valence-electron chi connectivity index (χ3n) is 4.85. The average Bonchev–Trinajstić information content (AvgIpc) is 3.11. The molecule has 4 aromatic rings. The van der Waals surface area contributed by atoms with Crippen molar-refractivity contribution in [2.24, 2.45) is 0 Å². The summed E-state index contributed by atoms with van der Waals surface area (Å²) in [6.07, 6.45) is 6.46. The summed E-state index contributed by atoms with van der Waals surface area (Å²) in [5, 5.41) is 8.77. The first kappa shape index (κ1) is 15.2.